The summed E-state index contributed by atoms with van der Waals surface area (Å²) in [6.07, 6.45) is 16.7. The molecule has 1 aliphatic carbocycles. The van der Waals surface area contributed by atoms with Gasteiger partial charge in [-0.1, -0.05) is 109 Å². The molecule has 1 unspecified atom stereocenters. The highest BCUT2D eigenvalue weighted by Crippen LogP contribution is 2.62. The van der Waals surface area contributed by atoms with Gasteiger partial charge in [0.15, 0.2) is 5.82 Å². The molecule has 0 amide bonds. The number of unbranched alkanes of at least 4 members (excludes halogenated alkanes) is 15. The second-order valence-corrected chi connectivity index (χ2v) is 17.4. The molecule has 3 heterocycles. The van der Waals surface area contributed by atoms with Crippen molar-refractivity contribution in [2.24, 2.45) is 0 Å². The van der Waals surface area contributed by atoms with Crippen molar-refractivity contribution in [3.63, 3.8) is 0 Å². The van der Waals surface area contributed by atoms with E-state index in [-0.39, 0.29) is 37.6 Å². The molecule has 7 atom stereocenters. The number of benzene rings is 1. The predicted molar refractivity (Wildman–Crippen MR) is 216 cm³/mol. The number of nitrogen functional groups attached to an aromatic ring is 1. The Bertz CT molecular complexity index is 1830. The molecule has 1 aromatic carbocycles. The van der Waals surface area contributed by atoms with E-state index in [1.165, 1.54) is 113 Å². The van der Waals surface area contributed by atoms with Gasteiger partial charge in [-0.2, -0.15) is 10.4 Å². The highest BCUT2D eigenvalue weighted by molar-refractivity contribution is 7.47. The maximum Gasteiger partial charge on any atom is 0.472 e. The van der Waals surface area contributed by atoms with Gasteiger partial charge in [-0.05, 0) is 43.2 Å². The summed E-state index contributed by atoms with van der Waals surface area (Å²) in [6.45, 7) is 3.93. The lowest BCUT2D eigenvalue weighted by molar-refractivity contribution is -0.0995. The van der Waals surface area contributed by atoms with Gasteiger partial charge in [0.2, 0.25) is 0 Å². The molecule has 1 spiro atoms. The van der Waals surface area contributed by atoms with Crippen LogP contribution >= 0.6 is 7.82 Å². The molecular weight excluding hydrogens is 768 g/mol. The Hall–Kier alpha value is -3.03. The standard InChI is InChI=1S/C42H63FN5O9P/c1-3-4-5-6-7-8-9-10-11-12-13-14-15-16-17-18-23-53-28-33(54-27-31-19-20-34(43)32(24-31)26-44)29-55-58(51,52)56-37-25-42(37)39(50)38(49)41(2,57-42)36-22-21-35-40(45)46-30-47-48(35)36/h19-22,24,30,33,37-39,49-50H,3-18,23,25,27-29H2,1-2H3,(H,51,52)(H2,45,46,47)/t33-,37+,38-,39+,41+,42+/m1/s1. The number of aliphatic hydroxyl groups is 2. The van der Waals surface area contributed by atoms with E-state index in [4.69, 9.17) is 29.0 Å². The van der Waals surface area contributed by atoms with E-state index < -0.39 is 49.3 Å². The molecule has 5 N–H and O–H groups in total. The summed E-state index contributed by atoms with van der Waals surface area (Å²) in [6, 6.07) is 9.19. The third-order valence-electron chi connectivity index (χ3n) is 11.4. The molecule has 2 aromatic heterocycles. The molecule has 1 saturated carbocycles. The minimum Gasteiger partial charge on any atom is -0.387 e. The minimum atomic E-state index is -4.75. The number of hydrogen-bond donors (Lipinski definition) is 4. The molecule has 0 radical (unpaired) electrons. The second-order valence-electron chi connectivity index (χ2n) is 16.0. The Morgan fingerprint density at radius 1 is 0.983 bits per heavy atom. The number of nitriles is 1. The van der Waals surface area contributed by atoms with E-state index in [1.807, 2.05) is 6.07 Å². The number of phosphoric ester groups is 1. The maximum atomic E-state index is 13.9. The third-order valence-corrected chi connectivity index (χ3v) is 12.4. The van der Waals surface area contributed by atoms with E-state index in [0.29, 0.717) is 23.4 Å². The van der Waals surface area contributed by atoms with Gasteiger partial charge in [-0.25, -0.2) is 18.5 Å². The van der Waals surface area contributed by atoms with Crippen molar-refractivity contribution in [1.29, 1.82) is 5.26 Å². The van der Waals surface area contributed by atoms with Gasteiger partial charge >= 0.3 is 7.82 Å². The Labute approximate surface area is 341 Å². The van der Waals surface area contributed by atoms with Gasteiger partial charge < -0.3 is 35.1 Å². The Morgan fingerprint density at radius 3 is 2.26 bits per heavy atom. The van der Waals surface area contributed by atoms with Crippen LogP contribution in [-0.2, 0) is 40.0 Å². The fraction of sp³-hybridized carbons (Fsp3) is 0.690. The molecule has 16 heteroatoms. The van der Waals surface area contributed by atoms with E-state index in [1.54, 1.807) is 19.1 Å². The van der Waals surface area contributed by atoms with Crippen LogP contribution in [0.5, 0.6) is 0 Å². The van der Waals surface area contributed by atoms with Crippen LogP contribution in [0.4, 0.5) is 10.2 Å². The molecule has 14 nitrogen and oxygen atoms in total. The van der Waals surface area contributed by atoms with Crippen molar-refractivity contribution in [3.8, 4) is 6.07 Å². The van der Waals surface area contributed by atoms with Crippen LogP contribution in [0.15, 0.2) is 36.7 Å². The lowest BCUT2D eigenvalue weighted by Gasteiger charge is -2.27. The van der Waals surface area contributed by atoms with Crippen LogP contribution in [0, 0.1) is 17.1 Å². The van der Waals surface area contributed by atoms with Crippen LogP contribution < -0.4 is 5.73 Å². The first-order valence-corrected chi connectivity index (χ1v) is 22.6. The summed E-state index contributed by atoms with van der Waals surface area (Å²) in [4.78, 5) is 14.7. The number of anilines is 1. The third kappa shape index (κ3) is 12.3. The summed E-state index contributed by atoms with van der Waals surface area (Å²) in [7, 11) is -4.75. The summed E-state index contributed by atoms with van der Waals surface area (Å²) in [5, 5.41) is 35.8. The zero-order valence-electron chi connectivity index (χ0n) is 34.1. The van der Waals surface area contributed by atoms with Gasteiger partial charge in [0.05, 0.1) is 31.1 Å². The van der Waals surface area contributed by atoms with Crippen molar-refractivity contribution in [3.05, 3.63) is 59.3 Å². The summed E-state index contributed by atoms with van der Waals surface area (Å²) in [5.74, 6) is -0.426. The predicted octanol–water partition coefficient (Wildman–Crippen LogP) is 7.80. The SMILES string of the molecule is CCCCCCCCCCCCCCCCCCOC[C@H](COP(=O)(O)O[C@H]1C[C@]12O[C@@](C)(c1ccc3c(N)ncnn13)[C@H](O)[C@@H]2O)OCc1ccc(F)c(C#N)c1. The zero-order valence-corrected chi connectivity index (χ0v) is 35.0. The van der Waals surface area contributed by atoms with Gasteiger partial charge in [0.1, 0.15) is 59.3 Å². The molecule has 1 saturated heterocycles. The van der Waals surface area contributed by atoms with Crippen molar-refractivity contribution >= 4 is 19.2 Å². The first kappa shape index (κ1) is 46.0. The van der Waals surface area contributed by atoms with Crippen molar-refractivity contribution < 1.29 is 47.3 Å². The van der Waals surface area contributed by atoms with Crippen molar-refractivity contribution in [1.82, 2.24) is 14.6 Å². The number of rotatable bonds is 28. The van der Waals surface area contributed by atoms with Crippen LogP contribution in [-0.4, -0.2) is 79.5 Å². The number of halogens is 1. The number of aliphatic hydroxyl groups excluding tert-OH is 2. The highest BCUT2D eigenvalue weighted by Gasteiger charge is 2.74. The van der Waals surface area contributed by atoms with Gasteiger partial charge in [0, 0.05) is 13.0 Å². The largest absolute Gasteiger partial charge is 0.472 e. The van der Waals surface area contributed by atoms with Crippen LogP contribution in [0.1, 0.15) is 140 Å². The number of nitrogens with zero attached hydrogens (tertiary/aromatic N) is 4. The zero-order chi connectivity index (χ0) is 41.6. The van der Waals surface area contributed by atoms with Gasteiger partial charge in [-0.15, -0.1) is 0 Å². The normalized spacial score (nSPS) is 24.3. The highest BCUT2D eigenvalue weighted by atomic mass is 31.2. The number of hydrogen-bond acceptors (Lipinski definition) is 12. The molecule has 2 fully saturated rings. The number of nitrogens with two attached hydrogens (primary N) is 1. The molecule has 0 bridgehead atoms. The molecule has 322 valence electrons. The quantitative estimate of drug-likeness (QED) is 0.0408. The van der Waals surface area contributed by atoms with Crippen LogP contribution in [0.3, 0.4) is 0 Å². The lowest BCUT2D eigenvalue weighted by atomic mass is 9.93. The van der Waals surface area contributed by atoms with Crippen LogP contribution in [0.2, 0.25) is 0 Å². The lowest BCUT2D eigenvalue weighted by Crippen LogP contribution is -2.40. The number of ether oxygens (including phenoxy) is 3. The molecular formula is C42H63FN5O9P. The van der Waals surface area contributed by atoms with Gasteiger partial charge in [0.25, 0.3) is 0 Å². The van der Waals surface area contributed by atoms with Crippen LogP contribution in [0.25, 0.3) is 5.52 Å². The first-order valence-electron chi connectivity index (χ1n) is 21.1. The Morgan fingerprint density at radius 2 is 1.62 bits per heavy atom. The van der Waals surface area contributed by atoms with E-state index in [0.717, 1.165) is 19.3 Å². The Kier molecular flexibility index (Phi) is 17.5. The fourth-order valence-corrected chi connectivity index (χ4v) is 8.82. The average Bonchev–Trinajstić information content (AvgIpc) is 3.58. The topological polar surface area (TPSA) is 204 Å². The number of fused-ring (bicyclic) bond motifs is 1. The summed E-state index contributed by atoms with van der Waals surface area (Å²) < 4.78 is 57.6. The van der Waals surface area contributed by atoms with E-state index >= 15 is 0 Å². The number of phosphoric acid groups is 1. The van der Waals surface area contributed by atoms with Gasteiger partial charge in [-0.3, -0.25) is 9.05 Å². The van der Waals surface area contributed by atoms with Crippen molar-refractivity contribution in [2.75, 3.05) is 25.6 Å². The fourth-order valence-electron chi connectivity index (χ4n) is 7.83. The molecule has 1 aliphatic heterocycles. The van der Waals surface area contributed by atoms with E-state index in [9.17, 15) is 29.3 Å². The molecule has 2 aliphatic rings. The van der Waals surface area contributed by atoms with E-state index in [2.05, 4.69) is 17.0 Å². The maximum absolute atomic E-state index is 13.9. The smallest absolute Gasteiger partial charge is 0.387 e. The van der Waals surface area contributed by atoms with Crippen molar-refractivity contribution in [2.45, 2.75) is 165 Å². The molecule has 58 heavy (non-hydrogen) atoms. The number of aromatic nitrogens is 3. The second kappa shape index (κ2) is 22.0. The molecule has 5 rings (SSSR count). The monoisotopic (exact) mass is 831 g/mol. The summed E-state index contributed by atoms with van der Waals surface area (Å²) >= 11 is 0. The minimum absolute atomic E-state index is 0.0172. The Balaban J connectivity index is 1.04. The summed E-state index contributed by atoms with van der Waals surface area (Å²) in [5.41, 5.74) is 4.31. The average molecular weight is 832 g/mol. The first-order chi connectivity index (χ1) is 27.9. The molecule has 3 aromatic rings.